The van der Waals surface area contributed by atoms with E-state index in [2.05, 4.69) is 23.2 Å². The molecule has 27 heavy (non-hydrogen) atoms. The molecule has 1 heterocycles. The number of hydrogen-bond donors (Lipinski definition) is 1. The van der Waals surface area contributed by atoms with Crippen molar-refractivity contribution in [3.05, 3.63) is 102 Å². The minimum absolute atomic E-state index is 0.0519. The van der Waals surface area contributed by atoms with Gasteiger partial charge in [-0.15, -0.1) is 0 Å². The number of benzene rings is 3. The van der Waals surface area contributed by atoms with Crippen LogP contribution in [0, 0.1) is 0 Å². The lowest BCUT2D eigenvalue weighted by Gasteiger charge is -2.17. The number of hydrogen-bond acceptors (Lipinski definition) is 2. The fourth-order valence-corrected chi connectivity index (χ4v) is 3.58. The van der Waals surface area contributed by atoms with Crippen molar-refractivity contribution in [2.45, 2.75) is 12.3 Å². The second kappa shape index (κ2) is 7.50. The van der Waals surface area contributed by atoms with Crippen LogP contribution in [0.2, 0.25) is 0 Å². The van der Waals surface area contributed by atoms with E-state index in [1.54, 1.807) is 7.11 Å². The number of carbonyl (C=O) groups excluding carboxylic acids is 1. The van der Waals surface area contributed by atoms with Crippen molar-refractivity contribution in [2.24, 2.45) is 0 Å². The normalized spacial score (nSPS) is 12.0. The summed E-state index contributed by atoms with van der Waals surface area (Å²) >= 11 is 0. The highest BCUT2D eigenvalue weighted by Crippen LogP contribution is 2.35. The van der Waals surface area contributed by atoms with Crippen LogP contribution in [0.15, 0.2) is 85.1 Å². The van der Waals surface area contributed by atoms with Crippen LogP contribution in [-0.2, 0) is 0 Å². The Hall–Kier alpha value is -3.33. The Morgan fingerprint density at radius 1 is 0.963 bits per heavy atom. The van der Waals surface area contributed by atoms with Crippen LogP contribution >= 0.6 is 0 Å². The molecule has 1 atom stereocenters. The van der Waals surface area contributed by atoms with Crippen LogP contribution in [0.25, 0.3) is 10.9 Å². The quantitative estimate of drug-likeness (QED) is 0.459. The zero-order valence-corrected chi connectivity index (χ0v) is 15.2. The molecule has 3 aromatic carbocycles. The number of ether oxygens (including phenoxy) is 1. The van der Waals surface area contributed by atoms with Gasteiger partial charge in [0.25, 0.3) is 0 Å². The molecule has 4 rings (SSSR count). The maximum absolute atomic E-state index is 13.0. The summed E-state index contributed by atoms with van der Waals surface area (Å²) in [5, 5.41) is 1.14. The van der Waals surface area contributed by atoms with Crippen LogP contribution in [0.5, 0.6) is 5.75 Å². The van der Waals surface area contributed by atoms with Gasteiger partial charge in [0.15, 0.2) is 5.78 Å². The van der Waals surface area contributed by atoms with E-state index in [0.29, 0.717) is 6.42 Å². The van der Waals surface area contributed by atoms with Crippen LogP contribution < -0.4 is 4.74 Å². The molecule has 4 aromatic rings. The van der Waals surface area contributed by atoms with E-state index in [0.717, 1.165) is 33.3 Å². The molecule has 0 aliphatic rings. The summed E-state index contributed by atoms with van der Waals surface area (Å²) in [6.07, 6.45) is 2.42. The number of aromatic amines is 1. The third kappa shape index (κ3) is 3.49. The molecule has 1 N–H and O–H groups in total. The molecular formula is C24H21NO2. The monoisotopic (exact) mass is 355 g/mol. The van der Waals surface area contributed by atoms with Gasteiger partial charge in [-0.1, -0.05) is 60.7 Å². The number of nitrogens with one attached hydrogen (secondary N) is 1. The molecule has 0 saturated heterocycles. The van der Waals surface area contributed by atoms with E-state index in [-0.39, 0.29) is 11.7 Å². The lowest BCUT2D eigenvalue weighted by Crippen LogP contribution is -2.09. The fraction of sp³-hybridized carbons (Fsp3) is 0.125. The van der Waals surface area contributed by atoms with E-state index in [1.165, 1.54) is 0 Å². The van der Waals surface area contributed by atoms with Gasteiger partial charge in [-0.05, 0) is 29.3 Å². The zero-order valence-electron chi connectivity index (χ0n) is 15.2. The summed E-state index contributed by atoms with van der Waals surface area (Å²) < 4.78 is 5.41. The maximum atomic E-state index is 13.0. The van der Waals surface area contributed by atoms with Crippen LogP contribution in [0.4, 0.5) is 0 Å². The summed E-state index contributed by atoms with van der Waals surface area (Å²) in [7, 11) is 1.66. The summed E-state index contributed by atoms with van der Waals surface area (Å²) in [6, 6.07) is 25.7. The van der Waals surface area contributed by atoms with E-state index in [4.69, 9.17) is 4.74 Å². The number of ketones is 1. The Labute approximate surface area is 158 Å². The zero-order chi connectivity index (χ0) is 18.6. The fourth-order valence-electron chi connectivity index (χ4n) is 3.58. The first-order valence-electron chi connectivity index (χ1n) is 9.04. The summed E-state index contributed by atoms with van der Waals surface area (Å²) in [5.41, 5.74) is 4.02. The van der Waals surface area contributed by atoms with Crippen molar-refractivity contribution < 1.29 is 9.53 Å². The first-order chi connectivity index (χ1) is 13.3. The molecule has 3 nitrogen and oxygen atoms in total. The van der Waals surface area contributed by atoms with E-state index < -0.39 is 0 Å². The third-order valence-electron chi connectivity index (χ3n) is 4.98. The molecule has 0 aliphatic carbocycles. The number of fused-ring (bicyclic) bond motifs is 1. The minimum atomic E-state index is -0.0519. The number of H-pyrrole nitrogens is 1. The molecule has 3 heteroatoms. The Balaban J connectivity index is 1.78. The number of Topliss-reactive ketones (excluding diaryl/α,β-unsaturated/α-hetero) is 1. The molecule has 0 bridgehead atoms. The lowest BCUT2D eigenvalue weighted by molar-refractivity contribution is 0.0977. The van der Waals surface area contributed by atoms with Crippen LogP contribution in [0.3, 0.4) is 0 Å². The highest BCUT2D eigenvalue weighted by Gasteiger charge is 2.22. The molecule has 1 aromatic heterocycles. The van der Waals surface area contributed by atoms with Crippen molar-refractivity contribution in [3.8, 4) is 5.75 Å². The first-order valence-corrected chi connectivity index (χ1v) is 9.04. The molecular weight excluding hydrogens is 334 g/mol. The number of para-hydroxylation sites is 1. The van der Waals surface area contributed by atoms with E-state index >= 15 is 0 Å². The van der Waals surface area contributed by atoms with Gasteiger partial charge >= 0.3 is 0 Å². The topological polar surface area (TPSA) is 42.1 Å². The van der Waals surface area contributed by atoms with Gasteiger partial charge in [-0.25, -0.2) is 0 Å². The summed E-state index contributed by atoms with van der Waals surface area (Å²) in [4.78, 5) is 16.3. The van der Waals surface area contributed by atoms with Gasteiger partial charge in [-0.2, -0.15) is 0 Å². The van der Waals surface area contributed by atoms with Gasteiger partial charge in [0, 0.05) is 35.0 Å². The minimum Gasteiger partial charge on any atom is -0.497 e. The van der Waals surface area contributed by atoms with Gasteiger partial charge in [-0.3, -0.25) is 4.79 Å². The molecule has 0 saturated carbocycles. The third-order valence-corrected chi connectivity index (χ3v) is 4.98. The predicted molar refractivity (Wildman–Crippen MR) is 109 cm³/mol. The van der Waals surface area contributed by atoms with Crippen LogP contribution in [-0.4, -0.2) is 17.9 Å². The molecule has 1 unspecified atom stereocenters. The van der Waals surface area contributed by atoms with Gasteiger partial charge in [0.05, 0.1) is 7.11 Å². The highest BCUT2D eigenvalue weighted by molar-refractivity contribution is 5.97. The number of rotatable bonds is 6. The maximum Gasteiger partial charge on any atom is 0.163 e. The van der Waals surface area contributed by atoms with Crippen molar-refractivity contribution in [3.63, 3.8) is 0 Å². The Bertz CT molecular complexity index is 1070. The largest absolute Gasteiger partial charge is 0.497 e. The Morgan fingerprint density at radius 2 is 1.74 bits per heavy atom. The average Bonchev–Trinajstić information content (AvgIpc) is 3.16. The second-order valence-electron chi connectivity index (χ2n) is 6.61. The van der Waals surface area contributed by atoms with Gasteiger partial charge < -0.3 is 9.72 Å². The molecule has 0 amide bonds. The van der Waals surface area contributed by atoms with E-state index in [9.17, 15) is 4.79 Å². The van der Waals surface area contributed by atoms with E-state index in [1.807, 2.05) is 66.9 Å². The number of methoxy groups -OCH3 is 1. The Kier molecular flexibility index (Phi) is 4.75. The molecule has 0 fully saturated rings. The first kappa shape index (κ1) is 17.1. The van der Waals surface area contributed by atoms with Gasteiger partial charge in [0.2, 0.25) is 0 Å². The Morgan fingerprint density at radius 3 is 2.56 bits per heavy atom. The van der Waals surface area contributed by atoms with Gasteiger partial charge in [0.1, 0.15) is 5.75 Å². The smallest absolute Gasteiger partial charge is 0.163 e. The van der Waals surface area contributed by atoms with Crippen molar-refractivity contribution in [1.82, 2.24) is 4.98 Å². The summed E-state index contributed by atoms with van der Waals surface area (Å²) in [5.74, 6) is 0.877. The number of aromatic nitrogens is 1. The highest BCUT2D eigenvalue weighted by atomic mass is 16.5. The van der Waals surface area contributed by atoms with Crippen molar-refractivity contribution in [2.75, 3.05) is 7.11 Å². The SMILES string of the molecule is COc1cccc(C(CC(=O)c2ccccc2)c2c[nH]c3ccccc23)c1. The standard InChI is InChI=1S/C24H21NO2/c1-27-19-11-7-10-18(14-19)21(15-24(26)17-8-3-2-4-9-17)22-16-25-23-13-6-5-12-20(22)23/h2-14,16,21,25H,15H2,1H3. The lowest BCUT2D eigenvalue weighted by atomic mass is 9.85. The summed E-state index contributed by atoms with van der Waals surface area (Å²) in [6.45, 7) is 0. The van der Waals surface area contributed by atoms with Crippen molar-refractivity contribution in [1.29, 1.82) is 0 Å². The molecule has 0 radical (unpaired) electrons. The second-order valence-corrected chi connectivity index (χ2v) is 6.61. The molecule has 0 spiro atoms. The number of carbonyl (C=O) groups is 1. The van der Waals surface area contributed by atoms with Crippen molar-refractivity contribution >= 4 is 16.7 Å². The van der Waals surface area contributed by atoms with Crippen LogP contribution in [0.1, 0.15) is 33.8 Å². The molecule has 134 valence electrons. The predicted octanol–water partition coefficient (Wildman–Crippen LogP) is 5.58. The molecule has 0 aliphatic heterocycles. The average molecular weight is 355 g/mol.